The number of piperidine rings is 1. The quantitative estimate of drug-likeness (QED) is 0.699. The molecule has 8 nitrogen and oxygen atoms in total. The van der Waals surface area contributed by atoms with Gasteiger partial charge in [-0.2, -0.15) is 0 Å². The molecule has 152 valence electrons. The number of likely N-dealkylation sites (tertiary alicyclic amines) is 1. The van der Waals surface area contributed by atoms with Gasteiger partial charge in [-0.1, -0.05) is 18.5 Å². The number of nitrogens with zero attached hydrogens (tertiary/aromatic N) is 1. The largest absolute Gasteiger partial charge is 0.455 e. The van der Waals surface area contributed by atoms with Crippen molar-refractivity contribution in [2.75, 3.05) is 26.2 Å². The molecule has 0 spiro atoms. The van der Waals surface area contributed by atoms with Crippen molar-refractivity contribution in [2.45, 2.75) is 26.2 Å². The number of halogens is 1. The minimum absolute atomic E-state index is 0.110. The average molecular weight is 410 g/mol. The summed E-state index contributed by atoms with van der Waals surface area (Å²) in [5.41, 5.74) is 0.545. The van der Waals surface area contributed by atoms with Crippen LogP contribution in [-0.4, -0.2) is 55.0 Å². The zero-order valence-corrected chi connectivity index (χ0v) is 16.5. The second-order valence-corrected chi connectivity index (χ2v) is 6.92. The zero-order valence-electron chi connectivity index (χ0n) is 15.7. The molecule has 1 aliphatic heterocycles. The molecule has 28 heavy (non-hydrogen) atoms. The zero-order chi connectivity index (χ0) is 20.5. The molecule has 4 amide bonds. The first-order chi connectivity index (χ1) is 13.4. The Balaban J connectivity index is 1.72. The first kappa shape index (κ1) is 21.7. The number of urea groups is 1. The summed E-state index contributed by atoms with van der Waals surface area (Å²) in [6.07, 6.45) is 1.66. The minimum Gasteiger partial charge on any atom is -0.455 e. The van der Waals surface area contributed by atoms with Crippen molar-refractivity contribution in [3.8, 4) is 0 Å². The third-order valence-electron chi connectivity index (χ3n) is 4.34. The molecule has 0 saturated carbocycles. The Morgan fingerprint density at radius 1 is 1.14 bits per heavy atom. The maximum atomic E-state index is 12.5. The van der Waals surface area contributed by atoms with Crippen molar-refractivity contribution in [2.24, 2.45) is 5.92 Å². The van der Waals surface area contributed by atoms with Crippen LogP contribution in [0.15, 0.2) is 24.3 Å². The van der Waals surface area contributed by atoms with Gasteiger partial charge in [-0.3, -0.25) is 19.7 Å². The van der Waals surface area contributed by atoms with E-state index in [0.717, 1.165) is 6.42 Å². The van der Waals surface area contributed by atoms with Gasteiger partial charge in [0.05, 0.1) is 5.92 Å². The number of carbonyl (C=O) groups is 4. The molecule has 9 heteroatoms. The van der Waals surface area contributed by atoms with E-state index in [1.807, 2.05) is 6.92 Å². The van der Waals surface area contributed by atoms with E-state index >= 15 is 0 Å². The van der Waals surface area contributed by atoms with Crippen molar-refractivity contribution >= 4 is 35.4 Å². The Hall–Kier alpha value is -2.61. The summed E-state index contributed by atoms with van der Waals surface area (Å²) >= 11 is 5.83. The first-order valence-electron chi connectivity index (χ1n) is 9.20. The summed E-state index contributed by atoms with van der Waals surface area (Å²) in [5, 5.41) is 5.14. The monoisotopic (exact) mass is 409 g/mol. The number of rotatable bonds is 6. The highest BCUT2D eigenvalue weighted by molar-refractivity contribution is 6.30. The molecule has 2 rings (SSSR count). The maximum Gasteiger partial charge on any atom is 0.321 e. The van der Waals surface area contributed by atoms with Gasteiger partial charge in [-0.05, 0) is 43.5 Å². The molecule has 0 radical (unpaired) electrons. The van der Waals surface area contributed by atoms with Gasteiger partial charge < -0.3 is 15.0 Å². The highest BCUT2D eigenvalue weighted by Crippen LogP contribution is 2.21. The molecule has 0 aromatic heterocycles. The van der Waals surface area contributed by atoms with E-state index in [2.05, 4.69) is 10.6 Å². The lowest BCUT2D eigenvalue weighted by Gasteiger charge is -2.31. The lowest BCUT2D eigenvalue weighted by atomic mass is 9.96. The molecule has 1 aromatic carbocycles. The van der Waals surface area contributed by atoms with E-state index in [4.69, 9.17) is 16.3 Å². The molecule has 1 aliphatic rings. The van der Waals surface area contributed by atoms with Crippen LogP contribution in [0.4, 0.5) is 4.79 Å². The summed E-state index contributed by atoms with van der Waals surface area (Å²) in [7, 11) is 0. The van der Waals surface area contributed by atoms with Crippen molar-refractivity contribution in [3.63, 3.8) is 0 Å². The van der Waals surface area contributed by atoms with E-state index in [9.17, 15) is 19.2 Å². The number of amides is 4. The Labute approximate surface area is 168 Å². The van der Waals surface area contributed by atoms with Crippen LogP contribution in [0.1, 0.15) is 36.5 Å². The Morgan fingerprint density at radius 3 is 2.39 bits per heavy atom. The second-order valence-electron chi connectivity index (χ2n) is 6.49. The number of nitrogens with one attached hydrogen (secondary N) is 2. The molecule has 0 atom stereocenters. The van der Waals surface area contributed by atoms with Gasteiger partial charge in [0, 0.05) is 30.2 Å². The fraction of sp³-hybridized carbons (Fsp3) is 0.474. The van der Waals surface area contributed by atoms with Crippen LogP contribution in [0.25, 0.3) is 0 Å². The molecular weight excluding hydrogens is 386 g/mol. The predicted octanol–water partition coefficient (Wildman–Crippen LogP) is 1.97. The summed E-state index contributed by atoms with van der Waals surface area (Å²) in [6, 6.07) is 6.04. The van der Waals surface area contributed by atoms with E-state index < -0.39 is 24.5 Å². The van der Waals surface area contributed by atoms with Crippen molar-refractivity contribution in [3.05, 3.63) is 34.9 Å². The number of hydrogen-bond donors (Lipinski definition) is 2. The fourth-order valence-corrected chi connectivity index (χ4v) is 2.92. The predicted molar refractivity (Wildman–Crippen MR) is 103 cm³/mol. The van der Waals surface area contributed by atoms with Crippen LogP contribution in [0.2, 0.25) is 5.02 Å². The number of benzene rings is 1. The van der Waals surface area contributed by atoms with Crippen LogP contribution in [-0.2, 0) is 14.3 Å². The summed E-state index contributed by atoms with van der Waals surface area (Å²) in [6.45, 7) is 2.67. The number of ether oxygens (including phenoxy) is 1. The number of hydrogen-bond acceptors (Lipinski definition) is 5. The molecule has 1 saturated heterocycles. The minimum atomic E-state index is -0.683. The molecule has 0 aliphatic carbocycles. The van der Waals surface area contributed by atoms with Gasteiger partial charge in [0.2, 0.25) is 0 Å². The van der Waals surface area contributed by atoms with Gasteiger partial charge in [0.25, 0.3) is 11.8 Å². The van der Waals surface area contributed by atoms with Crippen LogP contribution in [0.5, 0.6) is 0 Å². The molecule has 1 fully saturated rings. The Morgan fingerprint density at radius 2 is 1.79 bits per heavy atom. The maximum absolute atomic E-state index is 12.5. The van der Waals surface area contributed by atoms with E-state index in [-0.39, 0.29) is 11.8 Å². The molecule has 1 aromatic rings. The van der Waals surface area contributed by atoms with Gasteiger partial charge in [0.1, 0.15) is 0 Å². The van der Waals surface area contributed by atoms with Crippen molar-refractivity contribution < 1.29 is 23.9 Å². The van der Waals surface area contributed by atoms with Crippen molar-refractivity contribution in [1.82, 2.24) is 15.5 Å². The molecule has 0 unspecified atom stereocenters. The fourth-order valence-electron chi connectivity index (χ4n) is 2.79. The van der Waals surface area contributed by atoms with Gasteiger partial charge >= 0.3 is 12.0 Å². The topological polar surface area (TPSA) is 105 Å². The normalized spacial score (nSPS) is 14.3. The lowest BCUT2D eigenvalue weighted by Crippen LogP contribution is -2.43. The van der Waals surface area contributed by atoms with Gasteiger partial charge in [0.15, 0.2) is 6.61 Å². The third kappa shape index (κ3) is 6.53. The van der Waals surface area contributed by atoms with Gasteiger partial charge in [-0.15, -0.1) is 0 Å². The number of imide groups is 1. The second kappa shape index (κ2) is 10.7. The average Bonchev–Trinajstić information content (AvgIpc) is 2.70. The van der Waals surface area contributed by atoms with Crippen LogP contribution in [0, 0.1) is 5.92 Å². The van der Waals surface area contributed by atoms with Crippen LogP contribution in [0.3, 0.4) is 0 Å². The molecule has 0 bridgehead atoms. The molecule has 2 N–H and O–H groups in total. The highest BCUT2D eigenvalue weighted by atomic mass is 35.5. The molecular formula is C19H24ClN3O5. The van der Waals surface area contributed by atoms with E-state index in [1.54, 1.807) is 29.2 Å². The Bertz CT molecular complexity index is 715. The van der Waals surface area contributed by atoms with Crippen LogP contribution < -0.4 is 10.6 Å². The van der Waals surface area contributed by atoms with E-state index in [0.29, 0.717) is 43.1 Å². The molecule has 1 heterocycles. The first-order valence-corrected chi connectivity index (χ1v) is 9.57. The number of carbonyl (C=O) groups excluding carboxylic acids is 4. The van der Waals surface area contributed by atoms with Gasteiger partial charge in [-0.25, -0.2) is 4.79 Å². The Kier molecular flexibility index (Phi) is 8.25. The standard InChI is InChI=1S/C19H24ClN3O5/c1-2-9-21-19(27)22-16(24)12-28-18(26)14-7-10-23(11-8-14)17(25)13-3-5-15(20)6-4-13/h3-6,14H,2,7-12H2,1H3,(H2,21,22,24,27). The van der Waals surface area contributed by atoms with Crippen molar-refractivity contribution in [1.29, 1.82) is 0 Å². The van der Waals surface area contributed by atoms with Crippen LogP contribution >= 0.6 is 11.6 Å². The summed E-state index contributed by atoms with van der Waals surface area (Å²) in [4.78, 5) is 49.2. The smallest absolute Gasteiger partial charge is 0.321 e. The van der Waals surface area contributed by atoms with E-state index in [1.165, 1.54) is 0 Å². The highest BCUT2D eigenvalue weighted by Gasteiger charge is 2.29. The number of esters is 1. The summed E-state index contributed by atoms with van der Waals surface area (Å²) in [5.74, 6) is -1.67. The SMILES string of the molecule is CCCNC(=O)NC(=O)COC(=O)C1CCN(C(=O)c2ccc(Cl)cc2)CC1. The third-order valence-corrected chi connectivity index (χ3v) is 4.59. The lowest BCUT2D eigenvalue weighted by molar-refractivity contribution is -0.153. The summed E-state index contributed by atoms with van der Waals surface area (Å²) < 4.78 is 4.99.